The van der Waals surface area contributed by atoms with Gasteiger partial charge in [0.05, 0.1) is 6.61 Å². The monoisotopic (exact) mass is 242 g/mol. The van der Waals surface area contributed by atoms with Crippen LogP contribution in [0.2, 0.25) is 0 Å². The molecule has 0 radical (unpaired) electrons. The fourth-order valence-electron chi connectivity index (χ4n) is 2.96. The van der Waals surface area contributed by atoms with Gasteiger partial charge >= 0.3 is 0 Å². The number of methoxy groups -OCH3 is 1. The maximum Gasteiger partial charge on any atom is 0.0590 e. The van der Waals surface area contributed by atoms with Crippen LogP contribution in [0.5, 0.6) is 0 Å². The van der Waals surface area contributed by atoms with Crippen LogP contribution in [0.3, 0.4) is 0 Å². The average molecular weight is 242 g/mol. The van der Waals surface area contributed by atoms with Gasteiger partial charge in [0.1, 0.15) is 0 Å². The van der Waals surface area contributed by atoms with E-state index in [4.69, 9.17) is 10.5 Å². The van der Waals surface area contributed by atoms with Gasteiger partial charge in [0, 0.05) is 31.8 Å². The molecule has 0 amide bonds. The Hall–Kier alpha value is -0.120. The van der Waals surface area contributed by atoms with Crippen LogP contribution in [0.15, 0.2) is 0 Å². The first-order valence-electron chi connectivity index (χ1n) is 7.11. The molecule has 1 atom stereocenters. The topological polar surface area (TPSA) is 38.5 Å². The largest absolute Gasteiger partial charge is 0.383 e. The van der Waals surface area contributed by atoms with Crippen LogP contribution in [-0.4, -0.2) is 43.3 Å². The van der Waals surface area contributed by atoms with Gasteiger partial charge in [-0.3, -0.25) is 4.90 Å². The molecule has 1 aliphatic carbocycles. The lowest BCUT2D eigenvalue weighted by molar-refractivity contribution is 0.0155. The predicted octanol–water partition coefficient (Wildman–Crippen LogP) is 2.25. The highest BCUT2D eigenvalue weighted by Gasteiger charge is 2.40. The highest BCUT2D eigenvalue weighted by atomic mass is 16.5. The Bertz CT molecular complexity index is 204. The van der Waals surface area contributed by atoms with E-state index in [2.05, 4.69) is 25.7 Å². The molecule has 0 heterocycles. The molecule has 0 aromatic heterocycles. The smallest absolute Gasteiger partial charge is 0.0590 e. The summed E-state index contributed by atoms with van der Waals surface area (Å²) in [5, 5.41) is 0. The number of nitrogens with zero attached hydrogens (tertiary/aromatic N) is 1. The van der Waals surface area contributed by atoms with Crippen LogP contribution >= 0.6 is 0 Å². The van der Waals surface area contributed by atoms with Gasteiger partial charge < -0.3 is 10.5 Å². The maximum atomic E-state index is 6.08. The third-order valence-electron chi connectivity index (χ3n) is 4.64. The molecule has 0 aromatic carbocycles. The summed E-state index contributed by atoms with van der Waals surface area (Å²) in [7, 11) is 1.78. The molecule has 1 unspecified atom stereocenters. The summed E-state index contributed by atoms with van der Waals surface area (Å²) >= 11 is 0. The number of hydrogen-bond donors (Lipinski definition) is 1. The fourth-order valence-corrected chi connectivity index (χ4v) is 2.96. The summed E-state index contributed by atoms with van der Waals surface area (Å²) in [6.07, 6.45) is 5.03. The van der Waals surface area contributed by atoms with Gasteiger partial charge in [-0.2, -0.15) is 0 Å². The quantitative estimate of drug-likeness (QED) is 0.674. The Balaban J connectivity index is 2.77. The molecule has 3 heteroatoms. The van der Waals surface area contributed by atoms with E-state index in [0.717, 1.165) is 38.5 Å². The zero-order valence-corrected chi connectivity index (χ0v) is 12.0. The first-order valence-corrected chi connectivity index (χ1v) is 7.11. The van der Waals surface area contributed by atoms with Crippen molar-refractivity contribution in [1.29, 1.82) is 0 Å². The summed E-state index contributed by atoms with van der Waals surface area (Å²) in [5.41, 5.74) is 6.24. The van der Waals surface area contributed by atoms with Crippen LogP contribution in [0, 0.1) is 5.92 Å². The number of ether oxygens (including phenoxy) is 1. The molecule has 0 aliphatic heterocycles. The van der Waals surface area contributed by atoms with E-state index in [1.54, 1.807) is 7.11 Å². The first kappa shape index (κ1) is 14.9. The van der Waals surface area contributed by atoms with Gasteiger partial charge in [-0.15, -0.1) is 0 Å². The van der Waals surface area contributed by atoms with Crippen molar-refractivity contribution in [3.63, 3.8) is 0 Å². The molecule has 2 N–H and O–H groups in total. The van der Waals surface area contributed by atoms with Gasteiger partial charge in [-0.05, 0) is 38.5 Å². The van der Waals surface area contributed by atoms with Crippen molar-refractivity contribution in [3.05, 3.63) is 0 Å². The SMILES string of the molecule is CCC(CC)(CN)N(CCOC)C(C)C1CC1. The molecule has 1 rings (SSSR count). The second kappa shape index (κ2) is 6.72. The normalized spacial score (nSPS) is 18.7. The lowest BCUT2D eigenvalue weighted by Gasteiger charge is -2.46. The minimum Gasteiger partial charge on any atom is -0.383 e. The van der Waals surface area contributed by atoms with Crippen LogP contribution in [0.25, 0.3) is 0 Å². The highest BCUT2D eigenvalue weighted by Crippen LogP contribution is 2.38. The molecule has 1 fully saturated rings. The fraction of sp³-hybridized carbons (Fsp3) is 1.00. The van der Waals surface area contributed by atoms with E-state index in [-0.39, 0.29) is 5.54 Å². The zero-order chi connectivity index (χ0) is 12.9. The van der Waals surface area contributed by atoms with Crippen LogP contribution in [0.4, 0.5) is 0 Å². The van der Waals surface area contributed by atoms with Gasteiger partial charge in [-0.1, -0.05) is 13.8 Å². The minimum absolute atomic E-state index is 0.167. The van der Waals surface area contributed by atoms with E-state index in [9.17, 15) is 0 Å². The Morgan fingerprint density at radius 3 is 2.29 bits per heavy atom. The molecular weight excluding hydrogens is 212 g/mol. The molecule has 0 aromatic rings. The van der Waals surface area contributed by atoms with Crippen molar-refractivity contribution in [2.24, 2.45) is 11.7 Å². The van der Waals surface area contributed by atoms with Crippen molar-refractivity contribution in [2.45, 2.75) is 58.0 Å². The second-order valence-corrected chi connectivity index (χ2v) is 5.40. The standard InChI is InChI=1S/C14H30N2O/c1-5-14(6-2,11-15)16(9-10-17-4)12(3)13-7-8-13/h12-13H,5-11,15H2,1-4H3. The van der Waals surface area contributed by atoms with Crippen molar-refractivity contribution >= 4 is 0 Å². The Morgan fingerprint density at radius 1 is 1.35 bits per heavy atom. The maximum absolute atomic E-state index is 6.08. The minimum atomic E-state index is 0.167. The van der Waals surface area contributed by atoms with E-state index in [1.807, 2.05) is 0 Å². The van der Waals surface area contributed by atoms with Crippen molar-refractivity contribution in [3.8, 4) is 0 Å². The summed E-state index contributed by atoms with van der Waals surface area (Å²) < 4.78 is 5.27. The number of nitrogens with two attached hydrogens (primary N) is 1. The van der Waals surface area contributed by atoms with Gasteiger partial charge in [0.15, 0.2) is 0 Å². The van der Waals surface area contributed by atoms with Crippen LogP contribution in [-0.2, 0) is 4.74 Å². The predicted molar refractivity (Wildman–Crippen MR) is 73.1 cm³/mol. The number of hydrogen-bond acceptors (Lipinski definition) is 3. The molecule has 102 valence electrons. The van der Waals surface area contributed by atoms with E-state index < -0.39 is 0 Å². The molecule has 17 heavy (non-hydrogen) atoms. The molecular formula is C14H30N2O. The lowest BCUT2D eigenvalue weighted by Crippen LogP contribution is -2.58. The molecule has 3 nitrogen and oxygen atoms in total. The zero-order valence-electron chi connectivity index (χ0n) is 12.0. The van der Waals surface area contributed by atoms with Crippen LogP contribution in [0.1, 0.15) is 46.5 Å². The molecule has 0 bridgehead atoms. The average Bonchev–Trinajstić information content (AvgIpc) is 3.18. The first-order chi connectivity index (χ1) is 8.15. The Morgan fingerprint density at radius 2 is 1.94 bits per heavy atom. The third kappa shape index (κ3) is 3.43. The summed E-state index contributed by atoms with van der Waals surface area (Å²) in [6, 6.07) is 0.647. The van der Waals surface area contributed by atoms with Gasteiger partial charge in [-0.25, -0.2) is 0 Å². The Kier molecular flexibility index (Phi) is 5.90. The molecule has 0 spiro atoms. The summed E-state index contributed by atoms with van der Waals surface area (Å²) in [6.45, 7) is 9.45. The lowest BCUT2D eigenvalue weighted by atomic mass is 9.88. The van der Waals surface area contributed by atoms with Crippen molar-refractivity contribution in [1.82, 2.24) is 4.90 Å². The summed E-state index contributed by atoms with van der Waals surface area (Å²) in [5.74, 6) is 0.885. The van der Waals surface area contributed by atoms with Gasteiger partial charge in [0.2, 0.25) is 0 Å². The highest BCUT2D eigenvalue weighted by molar-refractivity contribution is 4.96. The van der Waals surface area contributed by atoms with E-state index >= 15 is 0 Å². The third-order valence-corrected chi connectivity index (χ3v) is 4.64. The molecule has 0 saturated heterocycles. The van der Waals surface area contributed by atoms with E-state index in [0.29, 0.717) is 6.04 Å². The van der Waals surface area contributed by atoms with Crippen LogP contribution < -0.4 is 5.73 Å². The van der Waals surface area contributed by atoms with Crippen molar-refractivity contribution in [2.75, 3.05) is 26.8 Å². The Labute approximate surface area is 107 Å². The van der Waals surface area contributed by atoms with Crippen molar-refractivity contribution < 1.29 is 4.74 Å². The van der Waals surface area contributed by atoms with E-state index in [1.165, 1.54) is 12.8 Å². The summed E-state index contributed by atoms with van der Waals surface area (Å²) in [4.78, 5) is 2.62. The second-order valence-electron chi connectivity index (χ2n) is 5.40. The molecule has 1 aliphatic rings. The van der Waals surface area contributed by atoms with Gasteiger partial charge in [0.25, 0.3) is 0 Å². The molecule has 1 saturated carbocycles. The number of rotatable bonds is 9.